The average Bonchev–Trinajstić information content (AvgIpc) is 3.12. The van der Waals surface area contributed by atoms with Gasteiger partial charge in [0.25, 0.3) is 5.91 Å². The number of carbonyl (C=O) groups excluding carboxylic acids is 1. The van der Waals surface area contributed by atoms with Crippen molar-refractivity contribution in [3.05, 3.63) is 47.2 Å². The largest absolute Gasteiger partial charge is 0.463 e. The lowest BCUT2D eigenvalue weighted by Crippen LogP contribution is -2.11. The van der Waals surface area contributed by atoms with Crippen molar-refractivity contribution in [1.29, 1.82) is 0 Å². The van der Waals surface area contributed by atoms with Crippen LogP contribution in [-0.2, 0) is 0 Å². The molecule has 0 fully saturated rings. The fourth-order valence-corrected chi connectivity index (χ4v) is 2.62. The third-order valence-electron chi connectivity index (χ3n) is 2.97. The van der Waals surface area contributed by atoms with Crippen LogP contribution >= 0.6 is 11.3 Å². The van der Waals surface area contributed by atoms with Crippen LogP contribution in [0.5, 0.6) is 0 Å². The number of furan rings is 1. The molecule has 0 saturated heterocycles. The molecule has 0 aliphatic rings. The van der Waals surface area contributed by atoms with Gasteiger partial charge in [0.15, 0.2) is 5.13 Å². The SMILES string of the molecule is CC(=NO)c1csc(NC(=O)c2coc3ccccc23)n1. The normalized spacial score (nSPS) is 11.8. The standard InChI is InChI=1S/C14H11N3O3S/c1-8(17-19)11-7-21-14(15-11)16-13(18)10-6-20-12-5-3-2-4-9(10)12/h2-7,19H,1H3,(H,15,16,18). The topological polar surface area (TPSA) is 87.7 Å². The predicted molar refractivity (Wildman–Crippen MR) is 80.3 cm³/mol. The summed E-state index contributed by atoms with van der Waals surface area (Å²) in [5.74, 6) is -0.292. The summed E-state index contributed by atoms with van der Waals surface area (Å²) < 4.78 is 5.34. The van der Waals surface area contributed by atoms with Gasteiger partial charge in [-0.1, -0.05) is 23.4 Å². The maximum Gasteiger partial charge on any atom is 0.261 e. The van der Waals surface area contributed by atoms with E-state index < -0.39 is 0 Å². The van der Waals surface area contributed by atoms with Gasteiger partial charge in [0, 0.05) is 10.8 Å². The second-order valence-electron chi connectivity index (χ2n) is 4.32. The van der Waals surface area contributed by atoms with Crippen LogP contribution in [0, 0.1) is 0 Å². The van der Waals surface area contributed by atoms with E-state index in [0.29, 0.717) is 27.7 Å². The molecule has 2 heterocycles. The van der Waals surface area contributed by atoms with Crippen LogP contribution in [0.4, 0.5) is 5.13 Å². The zero-order valence-electron chi connectivity index (χ0n) is 11.0. The summed E-state index contributed by atoms with van der Waals surface area (Å²) in [6.07, 6.45) is 1.43. The number of hydrogen-bond donors (Lipinski definition) is 2. The molecule has 6 nitrogen and oxygen atoms in total. The molecule has 0 atom stereocenters. The number of para-hydroxylation sites is 1. The number of thiazole rings is 1. The van der Waals surface area contributed by atoms with Gasteiger partial charge < -0.3 is 9.62 Å². The first kappa shape index (κ1) is 13.3. The molecule has 0 saturated carbocycles. The molecule has 21 heavy (non-hydrogen) atoms. The van der Waals surface area contributed by atoms with Crippen molar-refractivity contribution < 1.29 is 14.4 Å². The summed E-state index contributed by atoms with van der Waals surface area (Å²) in [5.41, 5.74) is 2.02. The fraction of sp³-hybridized carbons (Fsp3) is 0.0714. The second kappa shape index (κ2) is 5.37. The lowest BCUT2D eigenvalue weighted by molar-refractivity contribution is 0.102. The molecule has 3 rings (SSSR count). The molecule has 106 valence electrons. The van der Waals surface area contributed by atoms with E-state index in [9.17, 15) is 4.79 Å². The summed E-state index contributed by atoms with van der Waals surface area (Å²) >= 11 is 1.26. The van der Waals surface area contributed by atoms with Gasteiger partial charge in [-0.05, 0) is 13.0 Å². The molecule has 0 radical (unpaired) electrons. The van der Waals surface area contributed by atoms with E-state index in [0.717, 1.165) is 5.39 Å². The van der Waals surface area contributed by atoms with Gasteiger partial charge >= 0.3 is 0 Å². The Hall–Kier alpha value is -2.67. The van der Waals surface area contributed by atoms with Crippen molar-refractivity contribution in [2.45, 2.75) is 6.92 Å². The molecule has 2 aromatic heterocycles. The Bertz CT molecular complexity index is 835. The molecule has 1 aromatic carbocycles. The van der Waals surface area contributed by atoms with Crippen molar-refractivity contribution in [3.63, 3.8) is 0 Å². The zero-order valence-corrected chi connectivity index (χ0v) is 11.8. The van der Waals surface area contributed by atoms with E-state index in [2.05, 4.69) is 15.5 Å². The highest BCUT2D eigenvalue weighted by molar-refractivity contribution is 7.14. The Morgan fingerprint density at radius 2 is 2.24 bits per heavy atom. The molecule has 2 N–H and O–H groups in total. The minimum absolute atomic E-state index is 0.292. The number of benzene rings is 1. The van der Waals surface area contributed by atoms with Gasteiger partial charge in [0.05, 0.1) is 5.56 Å². The lowest BCUT2D eigenvalue weighted by Gasteiger charge is -1.99. The highest BCUT2D eigenvalue weighted by Gasteiger charge is 2.15. The van der Waals surface area contributed by atoms with Crippen molar-refractivity contribution in [3.8, 4) is 0 Å². The van der Waals surface area contributed by atoms with E-state index in [1.165, 1.54) is 17.6 Å². The van der Waals surface area contributed by atoms with Crippen molar-refractivity contribution in [2.24, 2.45) is 5.16 Å². The first-order chi connectivity index (χ1) is 10.2. The maximum absolute atomic E-state index is 12.3. The minimum Gasteiger partial charge on any atom is -0.463 e. The van der Waals surface area contributed by atoms with Crippen LogP contribution in [0.3, 0.4) is 0 Å². The highest BCUT2D eigenvalue weighted by atomic mass is 32.1. The molecular formula is C14H11N3O3S. The third-order valence-corrected chi connectivity index (χ3v) is 3.73. The van der Waals surface area contributed by atoms with Gasteiger partial charge in [0.2, 0.25) is 0 Å². The monoisotopic (exact) mass is 301 g/mol. The van der Waals surface area contributed by atoms with Crippen molar-refractivity contribution in [1.82, 2.24) is 4.98 Å². The van der Waals surface area contributed by atoms with Crippen molar-refractivity contribution >= 4 is 39.1 Å². The Balaban J connectivity index is 1.85. The summed E-state index contributed by atoms with van der Waals surface area (Å²) in [6, 6.07) is 7.31. The Labute approximate surface area is 123 Å². The van der Waals surface area contributed by atoms with Crippen LogP contribution in [0.25, 0.3) is 11.0 Å². The number of fused-ring (bicyclic) bond motifs is 1. The van der Waals surface area contributed by atoms with E-state index in [-0.39, 0.29) is 5.91 Å². The first-order valence-electron chi connectivity index (χ1n) is 6.11. The number of oxime groups is 1. The highest BCUT2D eigenvalue weighted by Crippen LogP contribution is 2.23. The van der Waals surface area contributed by atoms with Gasteiger partial charge in [-0.3, -0.25) is 10.1 Å². The third kappa shape index (κ3) is 2.50. The number of rotatable bonds is 3. The number of carbonyl (C=O) groups is 1. The van der Waals surface area contributed by atoms with Crippen LogP contribution in [-0.4, -0.2) is 21.8 Å². The van der Waals surface area contributed by atoms with E-state index in [1.807, 2.05) is 18.2 Å². The quantitative estimate of drug-likeness (QED) is 0.441. The number of nitrogens with zero attached hydrogens (tertiary/aromatic N) is 2. The van der Waals surface area contributed by atoms with Gasteiger partial charge in [-0.25, -0.2) is 4.98 Å². The number of aromatic nitrogens is 1. The lowest BCUT2D eigenvalue weighted by atomic mass is 10.2. The Kier molecular flexibility index (Phi) is 3.41. The van der Waals surface area contributed by atoms with Gasteiger partial charge in [0.1, 0.15) is 23.3 Å². The second-order valence-corrected chi connectivity index (χ2v) is 5.18. The molecule has 3 aromatic rings. The Morgan fingerprint density at radius 1 is 1.43 bits per heavy atom. The number of nitrogens with one attached hydrogen (secondary N) is 1. The summed E-state index contributed by atoms with van der Waals surface area (Å²) in [4.78, 5) is 16.4. The predicted octanol–water partition coefficient (Wildman–Crippen LogP) is 3.34. The summed E-state index contributed by atoms with van der Waals surface area (Å²) in [6.45, 7) is 1.63. The van der Waals surface area contributed by atoms with Crippen LogP contribution < -0.4 is 5.32 Å². The van der Waals surface area contributed by atoms with Gasteiger partial charge in [-0.15, -0.1) is 11.3 Å². The molecular weight excluding hydrogens is 290 g/mol. The Morgan fingerprint density at radius 3 is 3.05 bits per heavy atom. The minimum atomic E-state index is -0.292. The smallest absolute Gasteiger partial charge is 0.261 e. The molecule has 0 spiro atoms. The zero-order chi connectivity index (χ0) is 14.8. The number of hydrogen-bond acceptors (Lipinski definition) is 6. The molecule has 0 aliphatic heterocycles. The van der Waals surface area contributed by atoms with Crippen molar-refractivity contribution in [2.75, 3.05) is 5.32 Å². The first-order valence-corrected chi connectivity index (χ1v) is 6.99. The van der Waals surface area contributed by atoms with E-state index >= 15 is 0 Å². The van der Waals surface area contributed by atoms with Gasteiger partial charge in [-0.2, -0.15) is 0 Å². The molecule has 0 aliphatic carbocycles. The number of amides is 1. The van der Waals surface area contributed by atoms with Crippen LogP contribution in [0.1, 0.15) is 23.0 Å². The molecule has 0 unspecified atom stereocenters. The maximum atomic E-state index is 12.3. The fourth-order valence-electron chi connectivity index (χ4n) is 1.87. The molecule has 7 heteroatoms. The van der Waals surface area contributed by atoms with Crippen LogP contribution in [0.15, 0.2) is 45.5 Å². The summed E-state index contributed by atoms with van der Waals surface area (Å²) in [5, 5.41) is 17.4. The van der Waals surface area contributed by atoms with E-state index in [1.54, 1.807) is 18.4 Å². The summed E-state index contributed by atoms with van der Waals surface area (Å²) in [7, 11) is 0. The average molecular weight is 301 g/mol. The molecule has 1 amide bonds. The number of anilines is 1. The van der Waals surface area contributed by atoms with E-state index in [4.69, 9.17) is 9.62 Å². The van der Waals surface area contributed by atoms with Crippen LogP contribution in [0.2, 0.25) is 0 Å². The molecule has 0 bridgehead atoms.